The smallest absolute Gasteiger partial charge is 0.301 e. The van der Waals surface area contributed by atoms with E-state index >= 15 is 0 Å². The first kappa shape index (κ1) is 12.0. The van der Waals surface area contributed by atoms with E-state index in [-0.39, 0.29) is 17.1 Å². The van der Waals surface area contributed by atoms with Crippen LogP contribution >= 0.6 is 0 Å². The Hall–Kier alpha value is -2.48. The highest BCUT2D eigenvalue weighted by Gasteiger charge is 2.10. The van der Waals surface area contributed by atoms with Crippen molar-refractivity contribution in [2.75, 3.05) is 0 Å². The normalized spacial score (nSPS) is 10.1. The van der Waals surface area contributed by atoms with Gasteiger partial charge in [-0.3, -0.25) is 0 Å². The van der Waals surface area contributed by atoms with E-state index in [1.165, 1.54) is 29.9 Å². The second kappa shape index (κ2) is 4.41. The van der Waals surface area contributed by atoms with Crippen LogP contribution in [0.5, 0.6) is 0 Å². The molecule has 0 fully saturated rings. The molecule has 0 N–H and O–H groups in total. The molecule has 1 aromatic heterocycles. The van der Waals surface area contributed by atoms with Gasteiger partial charge < -0.3 is 4.57 Å². The molecule has 1 heterocycles. The molecule has 0 atom stereocenters. The van der Waals surface area contributed by atoms with Gasteiger partial charge in [0.05, 0.1) is 11.3 Å². The maximum absolute atomic E-state index is 13.2. The van der Waals surface area contributed by atoms with Crippen molar-refractivity contribution in [1.82, 2.24) is 9.55 Å². The van der Waals surface area contributed by atoms with Crippen molar-refractivity contribution in [3.8, 4) is 17.3 Å². The summed E-state index contributed by atoms with van der Waals surface area (Å²) in [6.45, 7) is 1.62. The second-order valence-corrected chi connectivity index (χ2v) is 3.97. The highest BCUT2D eigenvalue weighted by atomic mass is 19.1. The zero-order chi connectivity index (χ0) is 13.3. The molecule has 2 rings (SSSR count). The summed E-state index contributed by atoms with van der Waals surface area (Å²) in [5.74, 6) is -0.332. The molecule has 0 saturated carbocycles. The van der Waals surface area contributed by atoms with Gasteiger partial charge in [0.1, 0.15) is 11.9 Å². The molecule has 0 aliphatic rings. The van der Waals surface area contributed by atoms with Crippen molar-refractivity contribution in [2.24, 2.45) is 7.05 Å². The Bertz CT molecular complexity index is 713. The fourth-order valence-electron chi connectivity index (χ4n) is 1.64. The Morgan fingerprint density at radius 2 is 2.17 bits per heavy atom. The van der Waals surface area contributed by atoms with Gasteiger partial charge in [-0.2, -0.15) is 10.2 Å². The van der Waals surface area contributed by atoms with Crippen LogP contribution in [0.1, 0.15) is 11.1 Å². The standard InChI is InChI=1S/C13H10FN3O/c1-8-5-9(3-4-11(8)14)12-10(6-15)7-17(2)13(18)16-12/h3-5,7H,1-2H3. The molecule has 5 heteroatoms. The molecular weight excluding hydrogens is 233 g/mol. The van der Waals surface area contributed by atoms with Crippen LogP contribution in [0.2, 0.25) is 0 Å². The number of aromatic nitrogens is 2. The molecule has 2 aromatic rings. The summed E-state index contributed by atoms with van der Waals surface area (Å²) in [4.78, 5) is 15.3. The van der Waals surface area contributed by atoms with Crippen LogP contribution in [0.25, 0.3) is 11.3 Å². The number of halogens is 1. The molecule has 0 spiro atoms. The summed E-state index contributed by atoms with van der Waals surface area (Å²) in [7, 11) is 1.52. The monoisotopic (exact) mass is 243 g/mol. The molecule has 18 heavy (non-hydrogen) atoms. The number of aryl methyl sites for hydroxylation is 2. The van der Waals surface area contributed by atoms with Gasteiger partial charge >= 0.3 is 5.69 Å². The number of hydrogen-bond donors (Lipinski definition) is 0. The quantitative estimate of drug-likeness (QED) is 0.766. The lowest BCUT2D eigenvalue weighted by molar-refractivity contribution is 0.618. The molecule has 0 aliphatic carbocycles. The maximum Gasteiger partial charge on any atom is 0.347 e. The fraction of sp³-hybridized carbons (Fsp3) is 0.154. The van der Waals surface area contributed by atoms with Gasteiger partial charge in [0.25, 0.3) is 0 Å². The third kappa shape index (κ3) is 2.00. The summed E-state index contributed by atoms with van der Waals surface area (Å²) in [6, 6.07) is 6.35. The van der Waals surface area contributed by atoms with E-state index in [0.717, 1.165) is 0 Å². The van der Waals surface area contributed by atoms with Gasteiger partial charge in [0.15, 0.2) is 0 Å². The molecule has 0 unspecified atom stereocenters. The van der Waals surface area contributed by atoms with Crippen molar-refractivity contribution >= 4 is 0 Å². The van der Waals surface area contributed by atoms with E-state index in [4.69, 9.17) is 5.26 Å². The minimum Gasteiger partial charge on any atom is -0.301 e. The Labute approximate surface area is 103 Å². The zero-order valence-corrected chi connectivity index (χ0v) is 9.94. The minimum atomic E-state index is -0.453. The molecule has 0 aliphatic heterocycles. The summed E-state index contributed by atoms with van der Waals surface area (Å²) in [5.41, 5.74) is 1.11. The van der Waals surface area contributed by atoms with E-state index in [0.29, 0.717) is 11.1 Å². The first-order valence-electron chi connectivity index (χ1n) is 5.27. The molecule has 90 valence electrons. The zero-order valence-electron chi connectivity index (χ0n) is 9.94. The van der Waals surface area contributed by atoms with Crippen molar-refractivity contribution in [2.45, 2.75) is 6.92 Å². The van der Waals surface area contributed by atoms with Crippen LogP contribution in [0.4, 0.5) is 4.39 Å². The molecule has 1 aromatic carbocycles. The third-order valence-corrected chi connectivity index (χ3v) is 2.64. The van der Waals surface area contributed by atoms with E-state index in [9.17, 15) is 9.18 Å². The number of benzene rings is 1. The topological polar surface area (TPSA) is 58.7 Å². The first-order valence-corrected chi connectivity index (χ1v) is 5.27. The van der Waals surface area contributed by atoms with Gasteiger partial charge in [-0.1, -0.05) is 0 Å². The summed E-state index contributed by atoms with van der Waals surface area (Å²) < 4.78 is 14.4. The minimum absolute atomic E-state index is 0.281. The summed E-state index contributed by atoms with van der Waals surface area (Å²) >= 11 is 0. The lowest BCUT2D eigenvalue weighted by Gasteiger charge is -2.06. The summed E-state index contributed by atoms with van der Waals surface area (Å²) in [6.07, 6.45) is 1.42. The molecule has 0 amide bonds. The molecule has 4 nitrogen and oxygen atoms in total. The van der Waals surface area contributed by atoms with E-state index in [1.54, 1.807) is 13.0 Å². The largest absolute Gasteiger partial charge is 0.347 e. The van der Waals surface area contributed by atoms with Crippen LogP contribution < -0.4 is 5.69 Å². The fourth-order valence-corrected chi connectivity index (χ4v) is 1.64. The molecule has 0 radical (unpaired) electrons. The molecule has 0 saturated heterocycles. The SMILES string of the molecule is Cc1cc(-c2nc(=O)n(C)cc2C#N)ccc1F. The van der Waals surface area contributed by atoms with Crippen molar-refractivity contribution < 1.29 is 4.39 Å². The van der Waals surface area contributed by atoms with Crippen LogP contribution in [-0.2, 0) is 7.05 Å². The molecular formula is C13H10FN3O. The van der Waals surface area contributed by atoms with Gasteiger partial charge in [-0.15, -0.1) is 0 Å². The number of hydrogen-bond acceptors (Lipinski definition) is 3. The van der Waals surface area contributed by atoms with E-state index in [2.05, 4.69) is 4.98 Å². The summed E-state index contributed by atoms with van der Waals surface area (Å²) in [5, 5.41) is 9.04. The predicted molar refractivity (Wildman–Crippen MR) is 64.3 cm³/mol. The van der Waals surface area contributed by atoms with E-state index in [1.807, 2.05) is 6.07 Å². The van der Waals surface area contributed by atoms with Crippen molar-refractivity contribution in [3.63, 3.8) is 0 Å². The average molecular weight is 243 g/mol. The van der Waals surface area contributed by atoms with Crippen molar-refractivity contribution in [1.29, 1.82) is 5.26 Å². The van der Waals surface area contributed by atoms with E-state index < -0.39 is 5.69 Å². The number of nitriles is 1. The van der Waals surface area contributed by atoms with Crippen LogP contribution in [-0.4, -0.2) is 9.55 Å². The van der Waals surface area contributed by atoms with Crippen LogP contribution in [0, 0.1) is 24.1 Å². The Morgan fingerprint density at radius 3 is 2.78 bits per heavy atom. The molecule has 0 bridgehead atoms. The predicted octanol–water partition coefficient (Wildman–Crippen LogP) is 1.77. The lowest BCUT2D eigenvalue weighted by atomic mass is 10.1. The van der Waals surface area contributed by atoms with Crippen LogP contribution in [0.3, 0.4) is 0 Å². The second-order valence-electron chi connectivity index (χ2n) is 3.97. The van der Waals surface area contributed by atoms with Gasteiger partial charge in [-0.05, 0) is 30.7 Å². The van der Waals surface area contributed by atoms with Gasteiger partial charge in [0, 0.05) is 18.8 Å². The Morgan fingerprint density at radius 1 is 1.44 bits per heavy atom. The Kier molecular flexibility index (Phi) is 2.94. The van der Waals surface area contributed by atoms with Crippen LogP contribution in [0.15, 0.2) is 29.2 Å². The lowest BCUT2D eigenvalue weighted by Crippen LogP contribution is -2.20. The highest BCUT2D eigenvalue weighted by Crippen LogP contribution is 2.21. The number of rotatable bonds is 1. The average Bonchev–Trinajstić information content (AvgIpc) is 2.35. The van der Waals surface area contributed by atoms with Gasteiger partial charge in [-0.25, -0.2) is 9.18 Å². The van der Waals surface area contributed by atoms with Gasteiger partial charge in [0.2, 0.25) is 0 Å². The Balaban J connectivity index is 2.71. The van der Waals surface area contributed by atoms with Crippen molar-refractivity contribution in [3.05, 3.63) is 51.8 Å². The maximum atomic E-state index is 13.2. The first-order chi connectivity index (χ1) is 8.52. The highest BCUT2D eigenvalue weighted by molar-refractivity contribution is 5.66. The third-order valence-electron chi connectivity index (χ3n) is 2.64. The number of nitrogens with zero attached hydrogens (tertiary/aromatic N) is 3.